The molecule has 0 spiro atoms. The molecule has 3 rings (SSSR count). The van der Waals surface area contributed by atoms with Gasteiger partial charge in [-0.3, -0.25) is 15.1 Å². The summed E-state index contributed by atoms with van der Waals surface area (Å²) in [6.07, 6.45) is 2.62. The van der Waals surface area contributed by atoms with Gasteiger partial charge in [0.1, 0.15) is 5.54 Å². The van der Waals surface area contributed by atoms with Crippen molar-refractivity contribution in [3.05, 3.63) is 48.3 Å². The lowest BCUT2D eigenvalue weighted by Gasteiger charge is -2.20. The van der Waals surface area contributed by atoms with Crippen molar-refractivity contribution in [2.75, 3.05) is 11.9 Å². The van der Waals surface area contributed by atoms with Crippen LogP contribution in [0.25, 0.3) is 27.0 Å². The first-order valence-corrected chi connectivity index (χ1v) is 12.5. The van der Waals surface area contributed by atoms with Crippen LogP contribution in [0.4, 0.5) is 9.93 Å². The van der Waals surface area contributed by atoms with E-state index in [0.717, 1.165) is 27.1 Å². The molecule has 0 radical (unpaired) electrons. The number of nitrogens with two attached hydrogens (primary N) is 1. The van der Waals surface area contributed by atoms with Gasteiger partial charge in [-0.1, -0.05) is 17.4 Å². The molecule has 2 amide bonds. The summed E-state index contributed by atoms with van der Waals surface area (Å²) in [4.78, 5) is 41.6. The van der Waals surface area contributed by atoms with E-state index in [4.69, 9.17) is 10.5 Å². The predicted molar refractivity (Wildman–Crippen MR) is 150 cm³/mol. The lowest BCUT2D eigenvalue weighted by molar-refractivity contribution is -0.150. The summed E-state index contributed by atoms with van der Waals surface area (Å²) in [6, 6.07) is 9.29. The Morgan fingerprint density at radius 2 is 2.08 bits per heavy atom. The molecule has 1 aromatic carbocycles. The number of pyridine rings is 1. The number of rotatable bonds is 8. The van der Waals surface area contributed by atoms with E-state index in [1.54, 1.807) is 33.2 Å². The van der Waals surface area contributed by atoms with E-state index < -0.39 is 17.6 Å². The zero-order chi connectivity index (χ0) is 27.2. The molecule has 194 valence electrons. The molecule has 0 saturated carbocycles. The van der Waals surface area contributed by atoms with Crippen LogP contribution < -0.4 is 16.4 Å². The number of amides is 2. The average Bonchev–Trinajstić information content (AvgIpc) is 3.25. The standard InChI is InChI=1S/C26H31N7O3S/c1-7-29-24(35)33-25-32-20-13-17(12-18(21(20)37-25)19-10-8-9-11-30-19)15(2)14-31-22(28-6)16(3)36-23(34)26(4,5)27/h8-14,16H,6-7,27H2,1-5H3,(H2,29,32,33,35)/b15-14+,31-22-. The lowest BCUT2D eigenvalue weighted by atomic mass is 10.0. The highest BCUT2D eigenvalue weighted by atomic mass is 32.1. The number of anilines is 1. The van der Waals surface area contributed by atoms with Crippen LogP contribution in [0, 0.1) is 0 Å². The molecular weight excluding hydrogens is 490 g/mol. The topological polar surface area (TPSA) is 144 Å². The van der Waals surface area contributed by atoms with E-state index in [1.807, 2.05) is 44.2 Å². The number of benzene rings is 1. The summed E-state index contributed by atoms with van der Waals surface area (Å²) in [5, 5.41) is 5.96. The Labute approximate surface area is 219 Å². The highest BCUT2D eigenvalue weighted by Gasteiger charge is 2.27. The van der Waals surface area contributed by atoms with E-state index in [0.29, 0.717) is 17.2 Å². The molecular formula is C26H31N7O3S. The number of allylic oxidation sites excluding steroid dienone is 1. The normalized spacial score (nSPS) is 13.2. The number of thiazole rings is 1. The van der Waals surface area contributed by atoms with Crippen molar-refractivity contribution in [1.82, 2.24) is 15.3 Å². The first-order chi connectivity index (χ1) is 17.5. The van der Waals surface area contributed by atoms with Crippen LogP contribution in [0.2, 0.25) is 0 Å². The molecule has 1 atom stereocenters. The van der Waals surface area contributed by atoms with Gasteiger partial charge in [-0.05, 0) is 76.7 Å². The number of hydrogen-bond acceptors (Lipinski definition) is 8. The Hall–Kier alpha value is -3.96. The van der Waals surface area contributed by atoms with Crippen LogP contribution in [-0.4, -0.2) is 52.7 Å². The number of nitrogens with one attached hydrogen (secondary N) is 2. The fraction of sp³-hybridized carbons (Fsp3) is 0.308. The van der Waals surface area contributed by atoms with Crippen LogP contribution in [0.15, 0.2) is 52.7 Å². The Morgan fingerprint density at radius 3 is 2.70 bits per heavy atom. The Balaban J connectivity index is 2.00. The van der Waals surface area contributed by atoms with Crippen molar-refractivity contribution >= 4 is 56.8 Å². The Bertz CT molecular complexity index is 1360. The van der Waals surface area contributed by atoms with Gasteiger partial charge in [0.25, 0.3) is 0 Å². The van der Waals surface area contributed by atoms with Crippen LogP contribution >= 0.6 is 11.3 Å². The van der Waals surface area contributed by atoms with Crippen LogP contribution in [0.5, 0.6) is 0 Å². The van der Waals surface area contributed by atoms with Crippen molar-refractivity contribution in [3.8, 4) is 11.3 Å². The van der Waals surface area contributed by atoms with E-state index in [2.05, 4.69) is 37.3 Å². The molecule has 11 heteroatoms. The maximum Gasteiger partial charge on any atom is 0.326 e. The maximum atomic E-state index is 12.1. The molecule has 2 heterocycles. The van der Waals surface area contributed by atoms with Gasteiger partial charge < -0.3 is 15.8 Å². The van der Waals surface area contributed by atoms with E-state index in [9.17, 15) is 9.59 Å². The van der Waals surface area contributed by atoms with Crippen molar-refractivity contribution in [1.29, 1.82) is 0 Å². The number of esters is 1. The molecule has 0 aliphatic heterocycles. The summed E-state index contributed by atoms with van der Waals surface area (Å²) in [5.74, 6) is -0.326. The number of ether oxygens (including phenoxy) is 1. The van der Waals surface area contributed by atoms with Crippen LogP contribution in [-0.2, 0) is 9.53 Å². The summed E-state index contributed by atoms with van der Waals surface area (Å²) < 4.78 is 6.27. The molecule has 0 fully saturated rings. The van der Waals surface area contributed by atoms with Gasteiger partial charge in [-0.2, -0.15) is 0 Å². The number of urea groups is 1. The average molecular weight is 522 g/mol. The van der Waals surface area contributed by atoms with Crippen LogP contribution in [0.3, 0.4) is 0 Å². The second kappa shape index (κ2) is 11.8. The van der Waals surface area contributed by atoms with E-state index in [1.165, 1.54) is 11.3 Å². The Morgan fingerprint density at radius 1 is 1.32 bits per heavy atom. The molecule has 10 nitrogen and oxygen atoms in total. The predicted octanol–water partition coefficient (Wildman–Crippen LogP) is 4.63. The van der Waals surface area contributed by atoms with Gasteiger partial charge in [0, 0.05) is 24.5 Å². The first kappa shape index (κ1) is 27.6. The number of carbonyl (C=O) groups is 2. The molecule has 37 heavy (non-hydrogen) atoms. The summed E-state index contributed by atoms with van der Waals surface area (Å²) in [6.45, 7) is 12.6. The third-order valence-electron chi connectivity index (χ3n) is 5.17. The van der Waals surface area contributed by atoms with E-state index >= 15 is 0 Å². The highest BCUT2D eigenvalue weighted by Crippen LogP contribution is 2.37. The third kappa shape index (κ3) is 7.05. The number of fused-ring (bicyclic) bond motifs is 1. The fourth-order valence-corrected chi connectivity index (χ4v) is 4.17. The number of nitrogens with zero attached hydrogens (tertiary/aromatic N) is 4. The van der Waals surface area contributed by atoms with Gasteiger partial charge in [0.2, 0.25) is 0 Å². The molecule has 0 aliphatic rings. The number of hydrogen-bond donors (Lipinski definition) is 3. The molecule has 0 bridgehead atoms. The summed E-state index contributed by atoms with van der Waals surface area (Å²) >= 11 is 1.37. The zero-order valence-corrected chi connectivity index (χ0v) is 22.3. The van der Waals surface area contributed by atoms with Crippen molar-refractivity contribution < 1.29 is 14.3 Å². The number of carbonyl (C=O) groups excluding carboxylic acids is 2. The smallest absolute Gasteiger partial charge is 0.326 e. The van der Waals surface area contributed by atoms with Crippen molar-refractivity contribution in [2.24, 2.45) is 15.7 Å². The monoisotopic (exact) mass is 521 g/mol. The van der Waals surface area contributed by atoms with E-state index in [-0.39, 0.29) is 11.9 Å². The Kier molecular flexibility index (Phi) is 8.85. The van der Waals surface area contributed by atoms with Crippen molar-refractivity contribution in [2.45, 2.75) is 46.3 Å². The van der Waals surface area contributed by atoms with Gasteiger partial charge in [-0.15, -0.1) is 0 Å². The van der Waals surface area contributed by atoms with Gasteiger partial charge >= 0.3 is 12.0 Å². The molecule has 2 aromatic heterocycles. The quantitative estimate of drug-likeness (QED) is 0.224. The third-order valence-corrected chi connectivity index (χ3v) is 6.19. The minimum atomic E-state index is -1.14. The SMILES string of the molecule is C=N/C(=N\C=C(/C)c1cc(-c2ccccn2)c2sc(NC(=O)NCC)nc2c1)C(C)OC(=O)C(C)(C)N. The number of aliphatic imine (C=N–C) groups is 2. The minimum Gasteiger partial charge on any atom is -0.453 e. The first-order valence-electron chi connectivity index (χ1n) is 11.7. The summed E-state index contributed by atoms with van der Waals surface area (Å²) in [5.41, 5.74) is 8.69. The minimum absolute atomic E-state index is 0.241. The van der Waals surface area contributed by atoms with Gasteiger partial charge in [0.15, 0.2) is 17.1 Å². The second-order valence-electron chi connectivity index (χ2n) is 8.82. The van der Waals surface area contributed by atoms with Crippen LogP contribution in [0.1, 0.15) is 40.2 Å². The second-order valence-corrected chi connectivity index (χ2v) is 9.82. The van der Waals surface area contributed by atoms with Gasteiger partial charge in [0.05, 0.1) is 15.9 Å². The highest BCUT2D eigenvalue weighted by molar-refractivity contribution is 7.22. The molecule has 4 N–H and O–H groups in total. The number of aromatic nitrogens is 2. The maximum absolute atomic E-state index is 12.1. The lowest BCUT2D eigenvalue weighted by Crippen LogP contribution is -2.44. The molecule has 3 aromatic rings. The molecule has 1 unspecified atom stereocenters. The fourth-order valence-electron chi connectivity index (χ4n) is 3.21. The van der Waals surface area contributed by atoms with Gasteiger partial charge in [-0.25, -0.2) is 19.8 Å². The summed E-state index contributed by atoms with van der Waals surface area (Å²) in [7, 11) is 0. The zero-order valence-electron chi connectivity index (χ0n) is 21.5. The largest absolute Gasteiger partial charge is 0.453 e. The molecule has 0 aliphatic carbocycles. The molecule has 0 saturated heterocycles. The van der Waals surface area contributed by atoms with Crippen molar-refractivity contribution in [3.63, 3.8) is 0 Å². The number of amidine groups is 1.